The van der Waals surface area contributed by atoms with Crippen molar-refractivity contribution in [3.05, 3.63) is 98.4 Å². The maximum atomic E-state index is 15.8. The normalized spacial score (nSPS) is 19.9. The van der Waals surface area contributed by atoms with Crippen LogP contribution >= 0.6 is 0 Å². The minimum absolute atomic E-state index is 0.0506. The highest BCUT2D eigenvalue weighted by Gasteiger charge is 2.37. The van der Waals surface area contributed by atoms with Crippen molar-refractivity contribution in [2.75, 3.05) is 0 Å². The van der Waals surface area contributed by atoms with Crippen LogP contribution in [0.5, 0.6) is 5.75 Å². The van der Waals surface area contributed by atoms with Crippen molar-refractivity contribution in [2.24, 2.45) is 5.92 Å². The van der Waals surface area contributed by atoms with Crippen LogP contribution in [0.1, 0.15) is 110 Å². The predicted octanol–water partition coefficient (Wildman–Crippen LogP) is 11.5. The number of unbranched alkanes of at least 4 members (excludes halogenated alkanes) is 2. The Bertz CT molecular complexity index is 1590. The van der Waals surface area contributed by atoms with Crippen molar-refractivity contribution >= 4 is 0 Å². The molecule has 3 aromatic rings. The monoisotopic (exact) mass is 674 g/mol. The van der Waals surface area contributed by atoms with E-state index in [2.05, 4.69) is 4.74 Å². The lowest BCUT2D eigenvalue weighted by atomic mass is 9.73. The van der Waals surface area contributed by atoms with E-state index >= 15 is 13.2 Å². The van der Waals surface area contributed by atoms with Gasteiger partial charge in [-0.1, -0.05) is 38.0 Å². The Morgan fingerprint density at radius 2 is 1.28 bits per heavy atom. The molecule has 1 nitrogen and oxygen atoms in total. The van der Waals surface area contributed by atoms with Crippen LogP contribution in [0.3, 0.4) is 0 Å². The first kappa shape index (κ1) is 35.1. The summed E-state index contributed by atoms with van der Waals surface area (Å²) < 4.78 is 146. The molecule has 1 fully saturated rings. The van der Waals surface area contributed by atoms with E-state index in [1.807, 2.05) is 6.92 Å². The lowest BCUT2D eigenvalue weighted by molar-refractivity contribution is -0.275. The maximum absolute atomic E-state index is 15.8. The van der Waals surface area contributed by atoms with E-state index in [0.717, 1.165) is 25.3 Å². The number of halogens is 10. The number of rotatable bonds is 10. The maximum Gasteiger partial charge on any atom is 0.573 e. The summed E-state index contributed by atoms with van der Waals surface area (Å²) in [4.78, 5) is 0. The molecule has 0 amide bonds. The highest BCUT2D eigenvalue weighted by molar-refractivity contribution is 5.41. The fraction of sp³-hybridized carbons (Fsp3) is 0.500. The fourth-order valence-electron chi connectivity index (χ4n) is 7.29. The molecule has 0 radical (unpaired) electrons. The third kappa shape index (κ3) is 7.59. The van der Waals surface area contributed by atoms with E-state index < -0.39 is 64.7 Å². The summed E-state index contributed by atoms with van der Waals surface area (Å²) in [5.41, 5.74) is 0.0485. The largest absolute Gasteiger partial charge is 0.573 e. The Morgan fingerprint density at radius 1 is 0.638 bits per heavy atom. The van der Waals surface area contributed by atoms with Gasteiger partial charge >= 0.3 is 6.36 Å². The summed E-state index contributed by atoms with van der Waals surface area (Å²) in [6, 6.07) is 4.87. The third-order valence-electron chi connectivity index (χ3n) is 9.85. The molecule has 1 atom stereocenters. The third-order valence-corrected chi connectivity index (χ3v) is 9.85. The van der Waals surface area contributed by atoms with E-state index in [1.165, 1.54) is 0 Å². The van der Waals surface area contributed by atoms with E-state index in [1.54, 1.807) is 12.1 Å². The van der Waals surface area contributed by atoms with Gasteiger partial charge in [-0.3, -0.25) is 0 Å². The van der Waals surface area contributed by atoms with Crippen molar-refractivity contribution in [1.82, 2.24) is 0 Å². The molecule has 0 bridgehead atoms. The number of ether oxygens (including phenoxy) is 1. The molecule has 0 spiro atoms. The van der Waals surface area contributed by atoms with Crippen LogP contribution < -0.4 is 4.74 Å². The molecule has 0 saturated heterocycles. The van der Waals surface area contributed by atoms with Crippen molar-refractivity contribution in [2.45, 2.75) is 109 Å². The second kappa shape index (κ2) is 14.5. The first-order valence-corrected chi connectivity index (χ1v) is 16.2. The van der Waals surface area contributed by atoms with Crippen LogP contribution in [0.2, 0.25) is 0 Å². The van der Waals surface area contributed by atoms with Gasteiger partial charge < -0.3 is 4.74 Å². The number of alkyl halides is 3. The van der Waals surface area contributed by atoms with Gasteiger partial charge in [-0.2, -0.15) is 4.39 Å². The van der Waals surface area contributed by atoms with E-state index in [-0.39, 0.29) is 78.7 Å². The number of hydrogen-bond donors (Lipinski definition) is 0. The molecule has 0 aliphatic heterocycles. The van der Waals surface area contributed by atoms with Crippen LogP contribution in [0.25, 0.3) is 0 Å². The lowest BCUT2D eigenvalue weighted by Gasteiger charge is -2.32. The van der Waals surface area contributed by atoms with Crippen LogP contribution in [0.15, 0.2) is 24.3 Å². The summed E-state index contributed by atoms with van der Waals surface area (Å²) in [7, 11) is 0. The minimum atomic E-state index is -5.20. The summed E-state index contributed by atoms with van der Waals surface area (Å²) in [5.74, 6) is -11.1. The highest BCUT2D eigenvalue weighted by atomic mass is 19.4. The smallest absolute Gasteiger partial charge is 0.403 e. The molecule has 256 valence electrons. The number of aryl methyl sites for hydroxylation is 2. The molecule has 5 rings (SSSR count). The fourth-order valence-corrected chi connectivity index (χ4v) is 7.29. The summed E-state index contributed by atoms with van der Waals surface area (Å²) in [5, 5.41) is 0. The molecule has 0 aromatic heterocycles. The number of benzene rings is 3. The first-order chi connectivity index (χ1) is 22.3. The average molecular weight is 675 g/mol. The minimum Gasteiger partial charge on any atom is -0.403 e. The Balaban J connectivity index is 1.24. The Morgan fingerprint density at radius 3 is 1.91 bits per heavy atom. The quantitative estimate of drug-likeness (QED) is 0.118. The van der Waals surface area contributed by atoms with Gasteiger partial charge in [0.2, 0.25) is 5.82 Å². The van der Waals surface area contributed by atoms with E-state index in [4.69, 9.17) is 0 Å². The van der Waals surface area contributed by atoms with Crippen LogP contribution in [-0.4, -0.2) is 6.36 Å². The highest BCUT2D eigenvalue weighted by Crippen LogP contribution is 2.46. The molecule has 1 saturated carbocycles. The molecule has 11 heteroatoms. The van der Waals surface area contributed by atoms with Gasteiger partial charge in [0.25, 0.3) is 0 Å². The second-order valence-corrected chi connectivity index (χ2v) is 12.8. The van der Waals surface area contributed by atoms with Crippen molar-refractivity contribution in [1.29, 1.82) is 0 Å². The summed E-state index contributed by atoms with van der Waals surface area (Å²) >= 11 is 0. The average Bonchev–Trinajstić information content (AvgIpc) is 3.04. The zero-order valence-corrected chi connectivity index (χ0v) is 25.9. The number of hydrogen-bond acceptors (Lipinski definition) is 1. The van der Waals surface area contributed by atoms with Gasteiger partial charge in [-0.15, -0.1) is 13.2 Å². The SMILES string of the molecule is CCCCCc1ccc(CCC2CCc3c(F)c(C4CCC(c5ccc(OC(F)(F)F)c(F)c5F)CC4)c(F)c(F)c3C2)c(F)c1F. The summed E-state index contributed by atoms with van der Waals surface area (Å²) in [6.07, 6.45) is -0.307. The van der Waals surface area contributed by atoms with Crippen molar-refractivity contribution in [3.8, 4) is 5.75 Å². The van der Waals surface area contributed by atoms with Gasteiger partial charge in [-0.05, 0) is 122 Å². The van der Waals surface area contributed by atoms with E-state index in [9.17, 15) is 30.7 Å². The van der Waals surface area contributed by atoms with Crippen molar-refractivity contribution in [3.63, 3.8) is 0 Å². The molecule has 1 unspecified atom stereocenters. The lowest BCUT2D eigenvalue weighted by Crippen LogP contribution is -2.23. The van der Waals surface area contributed by atoms with Crippen molar-refractivity contribution < 1.29 is 48.6 Å². The van der Waals surface area contributed by atoms with Crippen LogP contribution in [-0.2, 0) is 25.7 Å². The number of fused-ring (bicyclic) bond motifs is 1. The molecule has 2 aliphatic carbocycles. The van der Waals surface area contributed by atoms with Crippen LogP contribution in [0, 0.1) is 46.6 Å². The molecular formula is C36H36F10O. The zero-order valence-electron chi connectivity index (χ0n) is 25.9. The van der Waals surface area contributed by atoms with Gasteiger partial charge in [0.05, 0.1) is 0 Å². The van der Waals surface area contributed by atoms with E-state index in [0.29, 0.717) is 30.9 Å². The molecule has 2 aliphatic rings. The second-order valence-electron chi connectivity index (χ2n) is 12.8. The topological polar surface area (TPSA) is 9.23 Å². The molecule has 0 heterocycles. The standard InChI is InChI=1S/C36H36F10O/c1-2-3-4-5-22-13-14-23(30(38)29(22)37)8-6-19-7-15-25-26(18-19)33(41)35(43)28(31(25)39)21-11-9-20(10-12-21)24-16-17-27(34(42)32(24)40)47-36(44,45)46/h13-14,16-17,19-21H,2-12,15,18H2,1H3. The van der Waals surface area contributed by atoms with Crippen LogP contribution in [0.4, 0.5) is 43.9 Å². The predicted molar refractivity (Wildman–Crippen MR) is 157 cm³/mol. The molecule has 0 N–H and O–H groups in total. The van der Waals surface area contributed by atoms with Gasteiger partial charge in [0, 0.05) is 5.56 Å². The Labute approximate surface area is 267 Å². The molecular weight excluding hydrogens is 638 g/mol. The first-order valence-electron chi connectivity index (χ1n) is 16.2. The van der Waals surface area contributed by atoms with Gasteiger partial charge in [0.1, 0.15) is 5.82 Å². The molecule has 3 aromatic carbocycles. The Hall–Kier alpha value is -3.24. The van der Waals surface area contributed by atoms with Gasteiger partial charge in [0.15, 0.2) is 34.8 Å². The molecule has 47 heavy (non-hydrogen) atoms. The zero-order chi connectivity index (χ0) is 34.0. The van der Waals surface area contributed by atoms with Gasteiger partial charge in [-0.25, -0.2) is 26.3 Å². The summed E-state index contributed by atoms with van der Waals surface area (Å²) in [6.45, 7) is 2.02. The Kier molecular flexibility index (Phi) is 10.8.